The van der Waals surface area contributed by atoms with Crippen molar-refractivity contribution in [3.63, 3.8) is 0 Å². The van der Waals surface area contributed by atoms with Crippen LogP contribution < -0.4 is 10.6 Å². The third-order valence-electron chi connectivity index (χ3n) is 5.37. The minimum Gasteiger partial charge on any atom is -0.379 e. The van der Waals surface area contributed by atoms with E-state index < -0.39 is 0 Å². The van der Waals surface area contributed by atoms with Crippen LogP contribution in [0.3, 0.4) is 0 Å². The molecule has 4 heterocycles. The molecule has 6 nitrogen and oxygen atoms in total. The second-order valence-corrected chi connectivity index (χ2v) is 8.01. The quantitative estimate of drug-likeness (QED) is 0.826. The molecule has 0 bridgehead atoms. The zero-order valence-electron chi connectivity index (χ0n) is 13.7. The van der Waals surface area contributed by atoms with Crippen LogP contribution in [-0.4, -0.2) is 77.7 Å². The summed E-state index contributed by atoms with van der Waals surface area (Å²) in [6.45, 7) is 8.17. The molecule has 0 saturated carbocycles. The van der Waals surface area contributed by atoms with E-state index in [1.807, 2.05) is 12.3 Å². The molecule has 0 spiro atoms. The molecule has 0 aromatic carbocycles. The summed E-state index contributed by atoms with van der Waals surface area (Å²) in [5, 5.41) is 11.6. The molecule has 1 aromatic heterocycles. The van der Waals surface area contributed by atoms with E-state index in [0.717, 1.165) is 58.3 Å². The Morgan fingerprint density at radius 3 is 3.17 bits per heavy atom. The summed E-state index contributed by atoms with van der Waals surface area (Å²) in [6, 6.07) is 2.05. The maximum atomic E-state index is 5.54. The summed E-state index contributed by atoms with van der Waals surface area (Å²) in [6.07, 6.45) is 3.18. The van der Waals surface area contributed by atoms with Gasteiger partial charge in [0.25, 0.3) is 0 Å². The van der Waals surface area contributed by atoms with Crippen molar-refractivity contribution in [2.24, 2.45) is 5.92 Å². The predicted molar refractivity (Wildman–Crippen MR) is 94.1 cm³/mol. The number of rotatable bonds is 5. The van der Waals surface area contributed by atoms with Crippen LogP contribution in [0.15, 0.2) is 12.3 Å². The molecule has 2 saturated heterocycles. The van der Waals surface area contributed by atoms with E-state index >= 15 is 0 Å². The number of nitrogens with zero attached hydrogens (tertiary/aromatic N) is 3. The summed E-state index contributed by atoms with van der Waals surface area (Å²) in [7, 11) is 0. The van der Waals surface area contributed by atoms with Gasteiger partial charge in [-0.2, -0.15) is 16.9 Å². The molecule has 3 aliphatic rings. The fourth-order valence-electron chi connectivity index (χ4n) is 3.97. The highest BCUT2D eigenvalue weighted by Gasteiger charge is 2.40. The zero-order chi connectivity index (χ0) is 15.5. The van der Waals surface area contributed by atoms with Crippen molar-refractivity contribution in [1.29, 1.82) is 0 Å². The first-order valence-electron chi connectivity index (χ1n) is 8.73. The van der Waals surface area contributed by atoms with Gasteiger partial charge in [-0.15, -0.1) is 0 Å². The number of nitrogens with one attached hydrogen (secondary N) is 2. The van der Waals surface area contributed by atoms with Crippen LogP contribution in [0, 0.1) is 5.92 Å². The SMILES string of the molecule is c1cc2n(n1)C[C@@H](CNC[C@@]1(N3CCOCC3)CCSC1)CN2. The van der Waals surface area contributed by atoms with Gasteiger partial charge >= 0.3 is 0 Å². The van der Waals surface area contributed by atoms with Crippen LogP contribution in [0.25, 0.3) is 0 Å². The van der Waals surface area contributed by atoms with Gasteiger partial charge in [-0.1, -0.05) is 0 Å². The van der Waals surface area contributed by atoms with E-state index in [1.54, 1.807) is 0 Å². The van der Waals surface area contributed by atoms with Gasteiger partial charge in [-0.25, -0.2) is 4.68 Å². The van der Waals surface area contributed by atoms with E-state index in [0.29, 0.717) is 11.5 Å². The number of hydrogen-bond acceptors (Lipinski definition) is 6. The van der Waals surface area contributed by atoms with Crippen molar-refractivity contribution in [2.45, 2.75) is 18.5 Å². The molecule has 2 N–H and O–H groups in total. The molecule has 4 rings (SSSR count). The summed E-state index contributed by atoms with van der Waals surface area (Å²) < 4.78 is 7.63. The maximum absolute atomic E-state index is 5.54. The van der Waals surface area contributed by atoms with Gasteiger partial charge in [0.1, 0.15) is 5.82 Å². The molecule has 0 amide bonds. The van der Waals surface area contributed by atoms with E-state index in [4.69, 9.17) is 4.74 Å². The van der Waals surface area contributed by atoms with Crippen LogP contribution in [0.4, 0.5) is 5.82 Å². The van der Waals surface area contributed by atoms with Crippen LogP contribution in [-0.2, 0) is 11.3 Å². The van der Waals surface area contributed by atoms with Crippen molar-refractivity contribution in [3.8, 4) is 0 Å². The largest absolute Gasteiger partial charge is 0.379 e. The van der Waals surface area contributed by atoms with Crippen LogP contribution in [0.2, 0.25) is 0 Å². The molecule has 128 valence electrons. The predicted octanol–water partition coefficient (Wildman–Crippen LogP) is 0.722. The highest BCUT2D eigenvalue weighted by Crippen LogP contribution is 2.33. The second kappa shape index (κ2) is 7.01. The summed E-state index contributed by atoms with van der Waals surface area (Å²) in [5.74, 6) is 4.31. The third kappa shape index (κ3) is 3.38. The first kappa shape index (κ1) is 15.7. The minimum atomic E-state index is 0.341. The van der Waals surface area contributed by atoms with Crippen molar-refractivity contribution in [1.82, 2.24) is 20.0 Å². The average Bonchev–Trinajstić information content (AvgIpc) is 3.25. The fourth-order valence-corrected chi connectivity index (χ4v) is 5.44. The van der Waals surface area contributed by atoms with E-state index in [-0.39, 0.29) is 0 Å². The van der Waals surface area contributed by atoms with Crippen LogP contribution in [0.5, 0.6) is 0 Å². The Morgan fingerprint density at radius 2 is 2.35 bits per heavy atom. The summed E-state index contributed by atoms with van der Waals surface area (Å²) in [4.78, 5) is 2.67. The molecule has 7 heteroatoms. The van der Waals surface area contributed by atoms with Gasteiger partial charge in [0, 0.05) is 62.5 Å². The first-order valence-corrected chi connectivity index (χ1v) is 9.88. The smallest absolute Gasteiger partial charge is 0.124 e. The van der Waals surface area contributed by atoms with Gasteiger partial charge in [0.05, 0.1) is 19.4 Å². The molecular formula is C16H27N5OS. The lowest BCUT2D eigenvalue weighted by molar-refractivity contribution is -0.0135. The fraction of sp³-hybridized carbons (Fsp3) is 0.812. The highest BCUT2D eigenvalue weighted by molar-refractivity contribution is 7.99. The molecule has 0 radical (unpaired) electrons. The molecule has 0 aliphatic carbocycles. The van der Waals surface area contributed by atoms with Gasteiger partial charge in [-0.3, -0.25) is 4.90 Å². The number of aromatic nitrogens is 2. The summed E-state index contributed by atoms with van der Waals surface area (Å²) in [5.41, 5.74) is 0.341. The Labute approximate surface area is 142 Å². The number of ether oxygens (including phenoxy) is 1. The van der Waals surface area contributed by atoms with Crippen LogP contribution >= 0.6 is 11.8 Å². The molecular weight excluding hydrogens is 310 g/mol. The summed E-state index contributed by atoms with van der Waals surface area (Å²) >= 11 is 2.10. The van der Waals surface area contributed by atoms with Gasteiger partial charge in [-0.05, 0) is 12.2 Å². The molecule has 23 heavy (non-hydrogen) atoms. The Morgan fingerprint density at radius 1 is 1.43 bits per heavy atom. The Hall–Kier alpha value is -0.760. The topological polar surface area (TPSA) is 54.4 Å². The van der Waals surface area contributed by atoms with Crippen LogP contribution in [0.1, 0.15) is 6.42 Å². The minimum absolute atomic E-state index is 0.341. The van der Waals surface area contributed by atoms with Gasteiger partial charge in [0.15, 0.2) is 0 Å². The lowest BCUT2D eigenvalue weighted by Gasteiger charge is -2.43. The molecule has 2 atom stereocenters. The monoisotopic (exact) mass is 337 g/mol. The molecule has 1 aromatic rings. The Kier molecular flexibility index (Phi) is 4.80. The van der Waals surface area contributed by atoms with E-state index in [9.17, 15) is 0 Å². The second-order valence-electron chi connectivity index (χ2n) is 6.90. The lowest BCUT2D eigenvalue weighted by atomic mass is 9.95. The van der Waals surface area contributed by atoms with Gasteiger partial charge < -0.3 is 15.4 Å². The third-order valence-corrected chi connectivity index (χ3v) is 6.61. The number of anilines is 1. The first-order chi connectivity index (χ1) is 11.4. The molecule has 0 unspecified atom stereocenters. The standard InChI is InChI=1S/C16H27N5OS/c1-3-19-21-11-14(10-18-15(1)21)9-17-12-16(2-8-23-13-16)20-4-6-22-7-5-20/h1,3,14,17-18H,2,4-13H2/t14-,16-/m0/s1. The number of thioether (sulfide) groups is 1. The van der Waals surface area contributed by atoms with Crippen molar-refractivity contribution in [3.05, 3.63) is 12.3 Å². The zero-order valence-corrected chi connectivity index (χ0v) is 14.5. The van der Waals surface area contributed by atoms with E-state index in [1.165, 1.54) is 17.9 Å². The number of hydrogen-bond donors (Lipinski definition) is 2. The van der Waals surface area contributed by atoms with Crippen molar-refractivity contribution in [2.75, 3.05) is 62.8 Å². The molecule has 2 fully saturated rings. The van der Waals surface area contributed by atoms with Crippen molar-refractivity contribution < 1.29 is 4.74 Å². The Balaban J connectivity index is 1.30. The van der Waals surface area contributed by atoms with Crippen molar-refractivity contribution >= 4 is 17.6 Å². The maximum Gasteiger partial charge on any atom is 0.124 e. The normalized spacial score (nSPS) is 31.7. The van der Waals surface area contributed by atoms with E-state index in [2.05, 4.69) is 37.1 Å². The highest BCUT2D eigenvalue weighted by atomic mass is 32.2. The van der Waals surface area contributed by atoms with Gasteiger partial charge in [0.2, 0.25) is 0 Å². The number of fused-ring (bicyclic) bond motifs is 1. The lowest BCUT2D eigenvalue weighted by Crippen LogP contribution is -2.59. The number of morpholine rings is 1. The average molecular weight is 337 g/mol. The molecule has 3 aliphatic heterocycles. The Bertz CT molecular complexity index is 510.